The van der Waals surface area contributed by atoms with Gasteiger partial charge in [-0.05, 0) is 128 Å². The summed E-state index contributed by atoms with van der Waals surface area (Å²) in [5.41, 5.74) is -11.5. The van der Waals surface area contributed by atoms with Gasteiger partial charge in [0.2, 0.25) is 0 Å². The maximum Gasteiger partial charge on any atom is 0.193 e. The summed E-state index contributed by atoms with van der Waals surface area (Å²) in [7, 11) is 0. The molecule has 4 N–H and O–H groups in total. The summed E-state index contributed by atoms with van der Waals surface area (Å²) in [6.07, 6.45) is 5.47. The van der Waals surface area contributed by atoms with Crippen LogP contribution in [0.1, 0.15) is 106 Å². The van der Waals surface area contributed by atoms with Crippen LogP contribution in [-0.4, -0.2) is 97.3 Å². The molecule has 0 aromatic rings. The van der Waals surface area contributed by atoms with Crippen LogP contribution < -0.4 is 0 Å². The molecule has 8 rings (SSSR count). The van der Waals surface area contributed by atoms with Crippen LogP contribution >= 0.6 is 0 Å². The number of allylic oxidation sites excluding steroid dienone is 8. The molecule has 0 spiro atoms. The Morgan fingerprint density at radius 1 is 0.684 bits per heavy atom. The van der Waals surface area contributed by atoms with Crippen LogP contribution in [0.15, 0.2) is 47.6 Å². The Kier molecular flexibility index (Phi) is 9.27. The number of hydrogen-bond donors (Lipinski definition) is 4. The number of hydrogen-bond acceptors (Lipinski definition) is 10. The number of halogens is 2. The predicted molar refractivity (Wildman–Crippen MR) is 203 cm³/mol. The van der Waals surface area contributed by atoms with E-state index in [0.29, 0.717) is 49.7 Å². The SMILES string of the molecule is CC(OCOC(C)C(=O)C1(O)CCC2C3CCC4=CC(=O)C=CC4(C)C3(F)C(O)CC21C)C(=O)C1(O)CCC2C3CCC4=CC(=O)C=CC4(C)C3(F)C(O)CC21C. The van der Waals surface area contributed by atoms with Gasteiger partial charge in [0.15, 0.2) is 34.5 Å². The van der Waals surface area contributed by atoms with E-state index in [0.717, 1.165) is 0 Å². The van der Waals surface area contributed by atoms with Gasteiger partial charge in [-0.25, -0.2) is 8.78 Å². The van der Waals surface area contributed by atoms with Crippen molar-refractivity contribution in [1.29, 1.82) is 0 Å². The van der Waals surface area contributed by atoms with Crippen molar-refractivity contribution in [2.24, 2.45) is 45.3 Å². The van der Waals surface area contributed by atoms with Gasteiger partial charge in [0, 0.05) is 33.5 Å². The molecule has 10 nitrogen and oxygen atoms in total. The normalized spacial score (nSPS) is 50.7. The Morgan fingerprint density at radius 3 is 1.42 bits per heavy atom. The summed E-state index contributed by atoms with van der Waals surface area (Å²) in [6.45, 7) is 9.33. The quantitative estimate of drug-likeness (QED) is 0.243. The third-order valence-electron chi connectivity index (χ3n) is 17.8. The third kappa shape index (κ3) is 5.00. The second kappa shape index (κ2) is 12.9. The second-order valence-electron chi connectivity index (χ2n) is 19.8. The predicted octanol–water partition coefficient (Wildman–Crippen LogP) is 5.10. The van der Waals surface area contributed by atoms with Crippen molar-refractivity contribution in [2.45, 2.75) is 153 Å². The monoisotopic (exact) mass is 796 g/mol. The Balaban J connectivity index is 0.929. The Hall–Kier alpha value is -2.74. The number of rotatable bonds is 8. The van der Waals surface area contributed by atoms with E-state index in [9.17, 15) is 39.6 Å². The van der Waals surface area contributed by atoms with Crippen LogP contribution in [0.5, 0.6) is 0 Å². The first-order valence-corrected chi connectivity index (χ1v) is 20.9. The molecule has 6 saturated carbocycles. The fourth-order valence-corrected chi connectivity index (χ4v) is 14.3. The molecule has 0 aromatic heterocycles. The zero-order chi connectivity index (χ0) is 41.5. The lowest BCUT2D eigenvalue weighted by molar-refractivity contribution is -0.223. The average Bonchev–Trinajstić information content (AvgIpc) is 3.58. The highest BCUT2D eigenvalue weighted by molar-refractivity contribution is 6.02. The molecule has 16 atom stereocenters. The number of alkyl halides is 2. The van der Waals surface area contributed by atoms with Crippen molar-refractivity contribution < 1.29 is 57.9 Å². The molecule has 8 aliphatic carbocycles. The van der Waals surface area contributed by atoms with Crippen molar-refractivity contribution in [3.8, 4) is 0 Å². The molecule has 16 unspecified atom stereocenters. The molecular formula is C45H58F2O10. The maximum absolute atomic E-state index is 17.5. The van der Waals surface area contributed by atoms with Gasteiger partial charge < -0.3 is 29.9 Å². The number of aliphatic hydroxyl groups is 4. The molecule has 0 aliphatic heterocycles. The number of ether oxygens (including phenoxy) is 2. The molecule has 0 bridgehead atoms. The van der Waals surface area contributed by atoms with Crippen molar-refractivity contribution in [2.75, 3.05) is 6.79 Å². The van der Waals surface area contributed by atoms with Gasteiger partial charge in [0.05, 0.1) is 12.2 Å². The molecule has 6 fully saturated rings. The lowest BCUT2D eigenvalue weighted by Gasteiger charge is -2.62. The summed E-state index contributed by atoms with van der Waals surface area (Å²) >= 11 is 0. The average molecular weight is 797 g/mol. The topological polar surface area (TPSA) is 168 Å². The Morgan fingerprint density at radius 2 is 1.05 bits per heavy atom. The summed E-state index contributed by atoms with van der Waals surface area (Å²) in [6, 6.07) is 0. The first-order valence-electron chi connectivity index (χ1n) is 20.9. The fraction of sp³-hybridized carbons (Fsp3) is 0.733. The minimum absolute atomic E-state index is 0.0500. The van der Waals surface area contributed by atoms with Crippen LogP contribution in [0.3, 0.4) is 0 Å². The summed E-state index contributed by atoms with van der Waals surface area (Å²) in [4.78, 5) is 52.6. The number of aliphatic hydroxyl groups excluding tert-OH is 2. The van der Waals surface area contributed by atoms with Gasteiger partial charge >= 0.3 is 0 Å². The third-order valence-corrected chi connectivity index (χ3v) is 17.8. The highest BCUT2D eigenvalue weighted by atomic mass is 19.1. The van der Waals surface area contributed by atoms with E-state index in [1.54, 1.807) is 39.8 Å². The summed E-state index contributed by atoms with van der Waals surface area (Å²) in [5.74, 6) is -3.88. The van der Waals surface area contributed by atoms with E-state index in [2.05, 4.69) is 0 Å². The first-order chi connectivity index (χ1) is 26.5. The molecule has 0 saturated heterocycles. The molecular weight excluding hydrogens is 738 g/mol. The minimum atomic E-state index is -2.10. The molecule has 8 aliphatic rings. The molecule has 57 heavy (non-hydrogen) atoms. The van der Waals surface area contributed by atoms with Crippen molar-refractivity contribution in [3.63, 3.8) is 0 Å². The summed E-state index contributed by atoms with van der Waals surface area (Å²) < 4.78 is 46.6. The fourth-order valence-electron chi connectivity index (χ4n) is 14.3. The molecule has 0 amide bonds. The number of fused-ring (bicyclic) bond motifs is 10. The van der Waals surface area contributed by atoms with Gasteiger partial charge in [-0.15, -0.1) is 0 Å². The van der Waals surface area contributed by atoms with Gasteiger partial charge in [0.1, 0.15) is 30.2 Å². The van der Waals surface area contributed by atoms with Gasteiger partial charge in [-0.3, -0.25) is 19.2 Å². The van der Waals surface area contributed by atoms with E-state index in [1.807, 2.05) is 0 Å². The lowest BCUT2D eigenvalue weighted by atomic mass is 9.44. The maximum atomic E-state index is 17.5. The number of carbonyl (C=O) groups is 4. The Bertz CT molecular complexity index is 1790. The number of ketones is 4. The van der Waals surface area contributed by atoms with Crippen LogP contribution in [0, 0.1) is 45.3 Å². The smallest absolute Gasteiger partial charge is 0.193 e. The van der Waals surface area contributed by atoms with Gasteiger partial charge in [-0.1, -0.05) is 37.1 Å². The lowest BCUT2D eigenvalue weighted by Crippen LogP contribution is -2.69. The van der Waals surface area contributed by atoms with Crippen molar-refractivity contribution >= 4 is 23.1 Å². The van der Waals surface area contributed by atoms with E-state index in [4.69, 9.17) is 9.47 Å². The molecule has 0 radical (unpaired) electrons. The standard InChI is InChI=1S/C45H58F2O10/c1-24(36(52)42(54)17-13-30-32-9-7-26-19-28(48)11-15-38(26,3)44(32,46)34(50)21-40(30,42)5)56-23-57-25(2)37(53)43(55)18-14-31-33-10-8-27-20-29(49)12-16-39(27,4)45(33,47)35(51)22-41(31,43)6/h11-12,15-16,19-20,24-25,30-35,50-51,54-55H,7-10,13-14,17-18,21-23H2,1-6H3. The first kappa shape index (κ1) is 41.0. The van der Waals surface area contributed by atoms with E-state index in [1.165, 1.54) is 38.2 Å². The van der Waals surface area contributed by atoms with Gasteiger partial charge in [-0.2, -0.15) is 0 Å². The highest BCUT2D eigenvalue weighted by Crippen LogP contribution is 2.71. The molecule has 12 heteroatoms. The zero-order valence-corrected chi connectivity index (χ0v) is 33.9. The van der Waals surface area contributed by atoms with Gasteiger partial charge in [0.25, 0.3) is 0 Å². The largest absolute Gasteiger partial charge is 0.390 e. The van der Waals surface area contributed by atoms with E-state index in [-0.39, 0.29) is 37.2 Å². The van der Waals surface area contributed by atoms with Crippen LogP contribution in [0.2, 0.25) is 0 Å². The minimum Gasteiger partial charge on any atom is -0.390 e. The van der Waals surface area contributed by atoms with Crippen LogP contribution in [0.25, 0.3) is 0 Å². The van der Waals surface area contributed by atoms with E-state index >= 15 is 8.78 Å². The van der Waals surface area contributed by atoms with Crippen molar-refractivity contribution in [3.05, 3.63) is 47.6 Å². The highest BCUT2D eigenvalue weighted by Gasteiger charge is 2.76. The second-order valence-corrected chi connectivity index (χ2v) is 19.8. The Labute approximate surface area is 332 Å². The van der Waals surface area contributed by atoms with E-state index < -0.39 is 111 Å². The van der Waals surface area contributed by atoms with Crippen LogP contribution in [0.4, 0.5) is 8.78 Å². The molecule has 312 valence electrons. The van der Waals surface area contributed by atoms with Crippen LogP contribution in [-0.2, 0) is 28.7 Å². The summed E-state index contributed by atoms with van der Waals surface area (Å²) in [5, 5.41) is 47.6. The number of Topliss-reactive ketones (excluding diaryl/α,β-unsaturated/α-hetero) is 2. The molecule has 0 aromatic carbocycles. The molecule has 0 heterocycles. The zero-order valence-electron chi connectivity index (χ0n) is 33.9. The number of carbonyl (C=O) groups excluding carboxylic acids is 4. The van der Waals surface area contributed by atoms with Crippen molar-refractivity contribution in [1.82, 2.24) is 0 Å².